The second kappa shape index (κ2) is 10.6. The van der Waals surface area contributed by atoms with Crippen molar-refractivity contribution in [3.63, 3.8) is 0 Å². The van der Waals surface area contributed by atoms with Crippen molar-refractivity contribution in [1.29, 1.82) is 0 Å². The highest BCUT2D eigenvalue weighted by Gasteiger charge is 2.16. The number of rotatable bonds is 8. The molecule has 0 atom stereocenters. The number of fused-ring (bicyclic) bond motifs is 1. The summed E-state index contributed by atoms with van der Waals surface area (Å²) in [5, 5.41) is 14.9. The molecular formula is C28H31N5O2S. The Bertz CT molecular complexity index is 1360. The fourth-order valence-electron chi connectivity index (χ4n) is 4.72. The van der Waals surface area contributed by atoms with E-state index in [1.54, 1.807) is 29.8 Å². The molecule has 0 unspecified atom stereocenters. The maximum Gasteiger partial charge on any atom is 0.335 e. The molecule has 0 saturated carbocycles. The minimum absolute atomic E-state index is 0.328. The van der Waals surface area contributed by atoms with Gasteiger partial charge in [-0.1, -0.05) is 13.0 Å². The number of anilines is 3. The number of carbonyl (C=O) groups is 1. The zero-order valence-electron chi connectivity index (χ0n) is 20.7. The summed E-state index contributed by atoms with van der Waals surface area (Å²) < 4.78 is 1.03. The number of benzene rings is 2. The number of likely N-dealkylation sites (N-methyl/N-ethyl adjacent to an activating group) is 1. The number of aromatic nitrogens is 2. The second-order valence-electron chi connectivity index (χ2n) is 9.20. The number of aryl methyl sites for hydroxylation is 3. The molecule has 5 rings (SSSR count). The topological polar surface area (TPSA) is 81.6 Å². The van der Waals surface area contributed by atoms with Gasteiger partial charge < -0.3 is 20.2 Å². The van der Waals surface area contributed by atoms with Gasteiger partial charge in [0, 0.05) is 37.6 Å². The van der Waals surface area contributed by atoms with Gasteiger partial charge in [0.25, 0.3) is 0 Å². The summed E-state index contributed by atoms with van der Waals surface area (Å²) in [4.78, 5) is 25.4. The van der Waals surface area contributed by atoms with Gasteiger partial charge in [0.05, 0.1) is 15.8 Å². The van der Waals surface area contributed by atoms with Crippen LogP contribution in [-0.2, 0) is 12.8 Å². The Balaban J connectivity index is 1.28. The summed E-state index contributed by atoms with van der Waals surface area (Å²) >= 11 is 1.64. The highest BCUT2D eigenvalue weighted by atomic mass is 32.1. The van der Waals surface area contributed by atoms with Crippen LogP contribution < -0.4 is 10.2 Å². The van der Waals surface area contributed by atoms with Crippen LogP contribution in [0.15, 0.2) is 54.2 Å². The Labute approximate surface area is 215 Å². The van der Waals surface area contributed by atoms with Crippen LogP contribution >= 0.6 is 11.3 Å². The molecule has 1 aliphatic rings. The average Bonchev–Trinajstić information content (AvgIpc) is 3.32. The highest BCUT2D eigenvalue weighted by Crippen LogP contribution is 2.32. The lowest BCUT2D eigenvalue weighted by atomic mass is 9.99. The first-order valence-corrected chi connectivity index (χ1v) is 13.3. The molecule has 2 aromatic carbocycles. The van der Waals surface area contributed by atoms with E-state index in [2.05, 4.69) is 61.7 Å². The Morgan fingerprint density at radius 2 is 1.78 bits per heavy atom. The standard InChI is InChI=1S/C28H31N5O2S/c1-3-32-12-14-33(15-13-32)24-10-8-23(9-11-24)31-27-26-25(29-18-30-27)22(17-36-26)7-6-20-16-21(28(34)35)5-4-19(20)2/h4-5,8-11,16-18H,3,6-7,12-15H2,1-2H3,(H,34,35)(H,29,30,31). The van der Waals surface area contributed by atoms with Gasteiger partial charge in [0.15, 0.2) is 5.82 Å². The molecule has 8 heteroatoms. The Morgan fingerprint density at radius 3 is 2.50 bits per heavy atom. The predicted octanol–water partition coefficient (Wildman–Crippen LogP) is 5.37. The summed E-state index contributed by atoms with van der Waals surface area (Å²) in [7, 11) is 0. The van der Waals surface area contributed by atoms with Crippen molar-refractivity contribution in [2.75, 3.05) is 42.9 Å². The molecule has 4 aromatic rings. The molecule has 2 N–H and O–H groups in total. The lowest BCUT2D eigenvalue weighted by Gasteiger charge is -2.35. The summed E-state index contributed by atoms with van der Waals surface area (Å²) in [5.74, 6) is -0.0857. The zero-order chi connectivity index (χ0) is 25.1. The quantitative estimate of drug-likeness (QED) is 0.336. The van der Waals surface area contributed by atoms with E-state index in [9.17, 15) is 9.90 Å². The van der Waals surface area contributed by atoms with Gasteiger partial charge >= 0.3 is 5.97 Å². The number of nitrogens with one attached hydrogen (secondary N) is 1. The van der Waals surface area contributed by atoms with Gasteiger partial charge in [-0.05, 0) is 84.8 Å². The van der Waals surface area contributed by atoms with E-state index >= 15 is 0 Å². The van der Waals surface area contributed by atoms with E-state index in [1.807, 2.05) is 13.0 Å². The van der Waals surface area contributed by atoms with Crippen LogP contribution in [0, 0.1) is 6.92 Å². The molecule has 0 radical (unpaired) electrons. The number of carboxylic acids is 1. The van der Waals surface area contributed by atoms with Crippen LogP contribution in [0.25, 0.3) is 10.2 Å². The molecule has 0 bridgehead atoms. The lowest BCUT2D eigenvalue weighted by molar-refractivity contribution is 0.0696. The highest BCUT2D eigenvalue weighted by molar-refractivity contribution is 7.18. The number of carboxylic acid groups (broad SMARTS) is 1. The Morgan fingerprint density at radius 1 is 1.03 bits per heavy atom. The molecule has 36 heavy (non-hydrogen) atoms. The zero-order valence-corrected chi connectivity index (χ0v) is 21.5. The smallest absolute Gasteiger partial charge is 0.335 e. The molecule has 0 amide bonds. The molecule has 1 saturated heterocycles. The summed E-state index contributed by atoms with van der Waals surface area (Å²) in [6.45, 7) is 9.70. The molecule has 7 nitrogen and oxygen atoms in total. The number of piperazine rings is 1. The lowest BCUT2D eigenvalue weighted by Crippen LogP contribution is -2.46. The van der Waals surface area contributed by atoms with Crippen molar-refractivity contribution in [2.45, 2.75) is 26.7 Å². The van der Waals surface area contributed by atoms with Gasteiger partial charge in [-0.25, -0.2) is 14.8 Å². The monoisotopic (exact) mass is 501 g/mol. The minimum Gasteiger partial charge on any atom is -0.478 e. The van der Waals surface area contributed by atoms with Gasteiger partial charge in [0.1, 0.15) is 6.33 Å². The normalized spacial score (nSPS) is 14.3. The second-order valence-corrected chi connectivity index (χ2v) is 10.1. The molecule has 3 heterocycles. The van der Waals surface area contributed by atoms with E-state index in [0.717, 1.165) is 84.0 Å². The molecule has 0 aliphatic carbocycles. The van der Waals surface area contributed by atoms with Gasteiger partial charge in [0.2, 0.25) is 0 Å². The summed E-state index contributed by atoms with van der Waals surface area (Å²) in [6.07, 6.45) is 3.17. The third-order valence-electron chi connectivity index (χ3n) is 7.00. The van der Waals surface area contributed by atoms with Crippen molar-refractivity contribution < 1.29 is 9.90 Å². The van der Waals surface area contributed by atoms with Crippen LogP contribution in [0.3, 0.4) is 0 Å². The molecular weight excluding hydrogens is 470 g/mol. The van der Waals surface area contributed by atoms with Gasteiger partial charge in [-0.3, -0.25) is 0 Å². The number of aromatic carboxylic acids is 1. The summed E-state index contributed by atoms with van der Waals surface area (Å²) in [6, 6.07) is 13.9. The van der Waals surface area contributed by atoms with Crippen molar-refractivity contribution >= 4 is 44.7 Å². The van der Waals surface area contributed by atoms with Crippen LogP contribution in [0.5, 0.6) is 0 Å². The van der Waals surface area contributed by atoms with E-state index in [0.29, 0.717) is 5.56 Å². The minimum atomic E-state index is -0.896. The van der Waals surface area contributed by atoms with Crippen LogP contribution in [0.2, 0.25) is 0 Å². The van der Waals surface area contributed by atoms with Crippen molar-refractivity contribution in [3.05, 3.63) is 76.4 Å². The van der Waals surface area contributed by atoms with Gasteiger partial charge in [-0.2, -0.15) is 0 Å². The first-order chi connectivity index (χ1) is 17.5. The Kier molecular flexibility index (Phi) is 7.16. The van der Waals surface area contributed by atoms with Gasteiger partial charge in [-0.15, -0.1) is 11.3 Å². The van der Waals surface area contributed by atoms with Crippen LogP contribution in [-0.4, -0.2) is 58.7 Å². The number of hydrogen-bond donors (Lipinski definition) is 2. The number of thiophene rings is 1. The molecule has 2 aromatic heterocycles. The first kappa shape index (κ1) is 24.2. The van der Waals surface area contributed by atoms with E-state index in [-0.39, 0.29) is 0 Å². The fourth-order valence-corrected chi connectivity index (χ4v) is 5.72. The van der Waals surface area contributed by atoms with E-state index in [4.69, 9.17) is 0 Å². The largest absolute Gasteiger partial charge is 0.478 e. The number of hydrogen-bond acceptors (Lipinski definition) is 7. The van der Waals surface area contributed by atoms with Crippen LogP contribution in [0.1, 0.15) is 34.0 Å². The van der Waals surface area contributed by atoms with E-state index in [1.165, 1.54) is 5.69 Å². The third kappa shape index (κ3) is 5.20. The molecule has 1 aliphatic heterocycles. The maximum atomic E-state index is 11.4. The van der Waals surface area contributed by atoms with E-state index < -0.39 is 5.97 Å². The third-order valence-corrected chi connectivity index (χ3v) is 8.03. The van der Waals surface area contributed by atoms with Crippen molar-refractivity contribution in [1.82, 2.24) is 14.9 Å². The molecule has 186 valence electrons. The predicted molar refractivity (Wildman–Crippen MR) is 147 cm³/mol. The fraction of sp³-hybridized carbons (Fsp3) is 0.321. The number of nitrogens with zero attached hydrogens (tertiary/aromatic N) is 4. The van der Waals surface area contributed by atoms with Crippen molar-refractivity contribution in [2.24, 2.45) is 0 Å². The maximum absolute atomic E-state index is 11.4. The SMILES string of the molecule is CCN1CCN(c2ccc(Nc3ncnc4c(CCc5cc(C(=O)O)ccc5C)csc34)cc2)CC1. The van der Waals surface area contributed by atoms with Crippen molar-refractivity contribution in [3.8, 4) is 0 Å². The molecule has 1 fully saturated rings. The summed E-state index contributed by atoms with van der Waals surface area (Å²) in [5.41, 5.74) is 6.85. The van der Waals surface area contributed by atoms with Crippen LogP contribution in [0.4, 0.5) is 17.2 Å². The average molecular weight is 502 g/mol. The Hall–Kier alpha value is -3.49. The molecule has 0 spiro atoms. The first-order valence-electron chi connectivity index (χ1n) is 12.4.